The van der Waals surface area contributed by atoms with E-state index in [0.29, 0.717) is 22.4 Å². The molecule has 4 rings (SSSR count). The first-order valence-corrected chi connectivity index (χ1v) is 8.78. The van der Waals surface area contributed by atoms with Crippen LogP contribution in [0.15, 0.2) is 84.9 Å². The fourth-order valence-corrected chi connectivity index (χ4v) is 3.18. The van der Waals surface area contributed by atoms with Crippen LogP contribution in [-0.2, 0) is 0 Å². The molecule has 2 N–H and O–H groups in total. The van der Waals surface area contributed by atoms with Crippen LogP contribution in [0.5, 0.6) is 0 Å². The molecule has 0 aliphatic carbocycles. The highest BCUT2D eigenvalue weighted by Crippen LogP contribution is 2.32. The number of halogens is 1. The summed E-state index contributed by atoms with van der Waals surface area (Å²) in [6, 6.07) is 28.0. The van der Waals surface area contributed by atoms with E-state index in [4.69, 9.17) is 5.73 Å². The van der Waals surface area contributed by atoms with Crippen molar-refractivity contribution in [3.05, 3.63) is 96.3 Å². The smallest absolute Gasteiger partial charge is 0.142 e. The maximum absolute atomic E-state index is 13.6. The number of benzene rings is 3. The second-order valence-corrected chi connectivity index (χ2v) is 6.38. The Balaban J connectivity index is 1.81. The fraction of sp³-hybridized carbons (Fsp3) is 0. The van der Waals surface area contributed by atoms with Gasteiger partial charge in [-0.15, -0.1) is 0 Å². The lowest BCUT2D eigenvalue weighted by atomic mass is 9.96. The van der Waals surface area contributed by atoms with E-state index in [1.807, 2.05) is 54.6 Å². The van der Waals surface area contributed by atoms with Crippen molar-refractivity contribution in [2.24, 2.45) is 0 Å². The number of hydrogen-bond donors (Lipinski definition) is 1. The molecular weight excluding hydrogens is 349 g/mol. The summed E-state index contributed by atoms with van der Waals surface area (Å²) < 4.78 is 13.6. The second kappa shape index (κ2) is 7.34. The van der Waals surface area contributed by atoms with Crippen LogP contribution in [0.25, 0.3) is 33.5 Å². The third kappa shape index (κ3) is 3.34. The van der Waals surface area contributed by atoms with Crippen LogP contribution in [0.1, 0.15) is 5.56 Å². The molecule has 0 aliphatic heterocycles. The molecule has 3 nitrogen and oxygen atoms in total. The van der Waals surface area contributed by atoms with Gasteiger partial charge in [-0.3, -0.25) is 0 Å². The van der Waals surface area contributed by atoms with Crippen LogP contribution in [-0.4, -0.2) is 4.98 Å². The lowest BCUT2D eigenvalue weighted by Crippen LogP contribution is -2.00. The van der Waals surface area contributed by atoms with Gasteiger partial charge in [-0.05, 0) is 34.9 Å². The summed E-state index contributed by atoms with van der Waals surface area (Å²) in [5.41, 5.74) is 11.2. The van der Waals surface area contributed by atoms with E-state index in [1.165, 1.54) is 12.1 Å². The first-order valence-electron chi connectivity index (χ1n) is 8.78. The van der Waals surface area contributed by atoms with Gasteiger partial charge >= 0.3 is 0 Å². The average Bonchev–Trinajstić information content (AvgIpc) is 2.74. The third-order valence-corrected chi connectivity index (χ3v) is 4.58. The Bertz CT molecular complexity index is 1180. The SMILES string of the molecule is N#Cc1c(-c2ccc(-c3ccccc3)cc2)cc(-c2cccc(F)c2)nc1N. The minimum Gasteiger partial charge on any atom is -0.383 e. The first-order chi connectivity index (χ1) is 13.7. The van der Waals surface area contributed by atoms with E-state index in [-0.39, 0.29) is 11.6 Å². The molecule has 1 aromatic heterocycles. The van der Waals surface area contributed by atoms with Crippen LogP contribution in [0.2, 0.25) is 0 Å². The molecule has 134 valence electrons. The van der Waals surface area contributed by atoms with E-state index < -0.39 is 0 Å². The number of nitriles is 1. The van der Waals surface area contributed by atoms with Gasteiger partial charge in [0.05, 0.1) is 5.69 Å². The summed E-state index contributed by atoms with van der Waals surface area (Å²) in [4.78, 5) is 4.30. The molecule has 4 aromatic rings. The van der Waals surface area contributed by atoms with Gasteiger partial charge in [0, 0.05) is 11.1 Å². The summed E-state index contributed by atoms with van der Waals surface area (Å²) in [6.07, 6.45) is 0. The standard InChI is InChI=1S/C24H16FN3/c25-20-8-4-7-19(13-20)23-14-21(22(15-26)24(27)28-23)18-11-9-17(10-12-18)16-5-2-1-3-6-16/h1-14H,(H2,27,28). The Morgan fingerprint density at radius 3 is 2.07 bits per heavy atom. The Kier molecular flexibility index (Phi) is 4.57. The predicted octanol–water partition coefficient (Wildman–Crippen LogP) is 5.68. The maximum atomic E-state index is 13.6. The van der Waals surface area contributed by atoms with Crippen molar-refractivity contribution in [1.29, 1.82) is 5.26 Å². The molecule has 0 fully saturated rings. The number of rotatable bonds is 3. The minimum absolute atomic E-state index is 0.131. The van der Waals surface area contributed by atoms with Crippen LogP contribution >= 0.6 is 0 Å². The van der Waals surface area contributed by atoms with Crippen molar-refractivity contribution in [2.45, 2.75) is 0 Å². The van der Waals surface area contributed by atoms with Crippen LogP contribution in [0.4, 0.5) is 10.2 Å². The van der Waals surface area contributed by atoms with Crippen LogP contribution < -0.4 is 5.73 Å². The summed E-state index contributed by atoms with van der Waals surface area (Å²) >= 11 is 0. The highest BCUT2D eigenvalue weighted by atomic mass is 19.1. The molecule has 0 saturated heterocycles. The molecule has 0 radical (unpaired) electrons. The lowest BCUT2D eigenvalue weighted by molar-refractivity contribution is 0.628. The number of nitrogen functional groups attached to an aromatic ring is 1. The number of anilines is 1. The number of aromatic nitrogens is 1. The Morgan fingerprint density at radius 1 is 0.750 bits per heavy atom. The molecule has 4 heteroatoms. The normalized spacial score (nSPS) is 10.4. The Morgan fingerprint density at radius 2 is 1.39 bits per heavy atom. The van der Waals surface area contributed by atoms with Crippen molar-refractivity contribution in [2.75, 3.05) is 5.73 Å². The maximum Gasteiger partial charge on any atom is 0.142 e. The van der Waals surface area contributed by atoms with E-state index in [1.54, 1.807) is 18.2 Å². The van der Waals surface area contributed by atoms with Crippen molar-refractivity contribution in [3.63, 3.8) is 0 Å². The minimum atomic E-state index is -0.351. The van der Waals surface area contributed by atoms with Crippen molar-refractivity contribution in [3.8, 4) is 39.6 Å². The van der Waals surface area contributed by atoms with Gasteiger partial charge in [-0.2, -0.15) is 5.26 Å². The van der Waals surface area contributed by atoms with Crippen molar-refractivity contribution >= 4 is 5.82 Å². The fourth-order valence-electron chi connectivity index (χ4n) is 3.18. The van der Waals surface area contributed by atoms with Gasteiger partial charge in [0.15, 0.2) is 0 Å². The zero-order chi connectivity index (χ0) is 19.5. The van der Waals surface area contributed by atoms with Crippen LogP contribution in [0, 0.1) is 17.1 Å². The van der Waals surface area contributed by atoms with E-state index >= 15 is 0 Å². The molecule has 0 saturated carbocycles. The zero-order valence-corrected chi connectivity index (χ0v) is 14.9. The van der Waals surface area contributed by atoms with E-state index in [9.17, 15) is 9.65 Å². The monoisotopic (exact) mass is 365 g/mol. The largest absolute Gasteiger partial charge is 0.383 e. The summed E-state index contributed by atoms with van der Waals surface area (Å²) in [5.74, 6) is -0.220. The molecule has 0 spiro atoms. The molecule has 0 aliphatic rings. The Labute approximate surface area is 162 Å². The Hall–Kier alpha value is -3.97. The van der Waals surface area contributed by atoms with Gasteiger partial charge in [-0.1, -0.05) is 66.7 Å². The summed E-state index contributed by atoms with van der Waals surface area (Å²) in [6.45, 7) is 0. The first kappa shape index (κ1) is 17.4. The summed E-state index contributed by atoms with van der Waals surface area (Å²) in [5, 5.41) is 9.57. The van der Waals surface area contributed by atoms with Crippen molar-refractivity contribution < 1.29 is 4.39 Å². The van der Waals surface area contributed by atoms with Crippen LogP contribution in [0.3, 0.4) is 0 Å². The topological polar surface area (TPSA) is 62.7 Å². The predicted molar refractivity (Wildman–Crippen MR) is 110 cm³/mol. The van der Waals surface area contributed by atoms with Gasteiger partial charge in [0.25, 0.3) is 0 Å². The number of pyridine rings is 1. The quantitative estimate of drug-likeness (QED) is 0.508. The molecular formula is C24H16FN3. The number of nitrogens with zero attached hydrogens (tertiary/aromatic N) is 2. The second-order valence-electron chi connectivity index (χ2n) is 6.38. The zero-order valence-electron chi connectivity index (χ0n) is 14.9. The van der Waals surface area contributed by atoms with E-state index in [2.05, 4.69) is 11.1 Å². The van der Waals surface area contributed by atoms with Crippen molar-refractivity contribution in [1.82, 2.24) is 4.98 Å². The molecule has 0 atom stereocenters. The number of nitrogens with two attached hydrogens (primary N) is 1. The number of hydrogen-bond acceptors (Lipinski definition) is 3. The molecule has 1 heterocycles. The molecule has 28 heavy (non-hydrogen) atoms. The van der Waals surface area contributed by atoms with Gasteiger partial charge in [0.2, 0.25) is 0 Å². The van der Waals surface area contributed by atoms with E-state index in [0.717, 1.165) is 16.7 Å². The molecule has 0 amide bonds. The molecule has 0 bridgehead atoms. The average molecular weight is 365 g/mol. The highest BCUT2D eigenvalue weighted by Gasteiger charge is 2.14. The highest BCUT2D eigenvalue weighted by molar-refractivity contribution is 5.81. The van der Waals surface area contributed by atoms with Gasteiger partial charge in [-0.25, -0.2) is 9.37 Å². The van der Waals surface area contributed by atoms with Gasteiger partial charge in [0.1, 0.15) is 23.3 Å². The molecule has 3 aromatic carbocycles. The molecule has 0 unspecified atom stereocenters. The lowest BCUT2D eigenvalue weighted by Gasteiger charge is -2.11. The summed E-state index contributed by atoms with van der Waals surface area (Å²) in [7, 11) is 0. The van der Waals surface area contributed by atoms with Gasteiger partial charge < -0.3 is 5.73 Å². The third-order valence-electron chi connectivity index (χ3n) is 4.58.